The van der Waals surface area contributed by atoms with Gasteiger partial charge in [0, 0.05) is 24.8 Å². The van der Waals surface area contributed by atoms with Crippen LogP contribution in [0.15, 0.2) is 86.0 Å². The van der Waals surface area contributed by atoms with Crippen LogP contribution in [0, 0.1) is 13.8 Å². The Morgan fingerprint density at radius 2 is 1.13 bits per heavy atom. The van der Waals surface area contributed by atoms with E-state index in [9.17, 15) is 19.8 Å². The number of rotatable bonds is 2. The van der Waals surface area contributed by atoms with E-state index in [0.29, 0.717) is 0 Å². The molecule has 0 spiro atoms. The molecule has 0 unspecified atom stereocenters. The molecule has 4 aromatic rings. The van der Waals surface area contributed by atoms with Crippen molar-refractivity contribution in [2.24, 2.45) is 0 Å². The minimum absolute atomic E-state index is 0. The maximum atomic E-state index is 10.2. The predicted octanol–water partition coefficient (Wildman–Crippen LogP) is 1.53. The second-order valence-corrected chi connectivity index (χ2v) is 5.84. The SMILES string of the molecule is Cc1cccc(C(=O)[O-])c1.Cc1cccc(C(=O)[O-])c1.[Cu+2].c1c[nH]cn1.c1c[nH]cn1. The molecular formula is C22H22CuN4O4. The molecular weight excluding hydrogens is 448 g/mol. The van der Waals surface area contributed by atoms with Crippen LogP contribution in [0.5, 0.6) is 0 Å². The van der Waals surface area contributed by atoms with Crippen LogP contribution in [0.3, 0.4) is 0 Å². The maximum Gasteiger partial charge on any atom is 2.00 e. The van der Waals surface area contributed by atoms with Gasteiger partial charge in [-0.1, -0.05) is 59.7 Å². The van der Waals surface area contributed by atoms with Crippen molar-refractivity contribution in [2.45, 2.75) is 13.8 Å². The number of hydrogen-bond donors (Lipinski definition) is 2. The van der Waals surface area contributed by atoms with Crippen molar-refractivity contribution < 1.29 is 36.9 Å². The van der Waals surface area contributed by atoms with E-state index < -0.39 is 11.9 Å². The molecule has 0 bridgehead atoms. The van der Waals surface area contributed by atoms with Crippen molar-refractivity contribution in [2.75, 3.05) is 0 Å². The first kappa shape index (κ1) is 27.3. The van der Waals surface area contributed by atoms with Crippen molar-refractivity contribution in [3.05, 3.63) is 108 Å². The van der Waals surface area contributed by atoms with Crippen LogP contribution >= 0.6 is 0 Å². The second-order valence-electron chi connectivity index (χ2n) is 5.84. The fourth-order valence-corrected chi connectivity index (χ4v) is 1.97. The van der Waals surface area contributed by atoms with E-state index in [0.717, 1.165) is 11.1 Å². The number of H-pyrrole nitrogens is 2. The number of carbonyl (C=O) groups excluding carboxylic acids is 2. The molecule has 1 radical (unpaired) electrons. The number of nitrogens with one attached hydrogen (secondary N) is 2. The molecule has 2 aromatic heterocycles. The van der Waals surface area contributed by atoms with Gasteiger partial charge in [0.1, 0.15) is 0 Å². The van der Waals surface area contributed by atoms with E-state index in [2.05, 4.69) is 19.9 Å². The van der Waals surface area contributed by atoms with Gasteiger partial charge in [0.15, 0.2) is 0 Å². The molecule has 2 aromatic carbocycles. The number of hydrogen-bond acceptors (Lipinski definition) is 6. The minimum Gasteiger partial charge on any atom is -0.545 e. The number of imidazole rings is 2. The number of nitrogens with zero attached hydrogens (tertiary/aromatic N) is 2. The summed E-state index contributed by atoms with van der Waals surface area (Å²) >= 11 is 0. The summed E-state index contributed by atoms with van der Waals surface area (Å²) in [5, 5.41) is 20.5. The quantitative estimate of drug-likeness (QED) is 0.427. The molecule has 165 valence electrons. The molecule has 8 nitrogen and oxygen atoms in total. The summed E-state index contributed by atoms with van der Waals surface area (Å²) in [5.41, 5.74) is 2.34. The van der Waals surface area contributed by atoms with E-state index >= 15 is 0 Å². The number of aryl methyl sites for hydroxylation is 2. The summed E-state index contributed by atoms with van der Waals surface area (Å²) in [5.74, 6) is -2.24. The molecule has 2 heterocycles. The Hall–Kier alpha value is -3.68. The Labute approximate surface area is 190 Å². The summed E-state index contributed by atoms with van der Waals surface area (Å²) < 4.78 is 0. The van der Waals surface area contributed by atoms with E-state index in [1.807, 2.05) is 26.0 Å². The number of aromatic nitrogens is 4. The van der Waals surface area contributed by atoms with Crippen molar-refractivity contribution in [3.8, 4) is 0 Å². The topological polar surface area (TPSA) is 138 Å². The van der Waals surface area contributed by atoms with Crippen LogP contribution in [0.1, 0.15) is 31.8 Å². The molecule has 0 aliphatic rings. The third kappa shape index (κ3) is 13.2. The zero-order valence-corrected chi connectivity index (χ0v) is 17.9. The molecule has 2 N–H and O–H groups in total. The number of benzene rings is 2. The van der Waals surface area contributed by atoms with Crippen LogP contribution in [0.25, 0.3) is 0 Å². The van der Waals surface area contributed by atoms with E-state index in [1.54, 1.807) is 61.7 Å². The van der Waals surface area contributed by atoms with Gasteiger partial charge < -0.3 is 29.8 Å². The van der Waals surface area contributed by atoms with Crippen molar-refractivity contribution in [1.29, 1.82) is 0 Å². The van der Waals surface area contributed by atoms with Gasteiger partial charge in [-0.05, 0) is 25.0 Å². The van der Waals surface area contributed by atoms with Crippen LogP contribution < -0.4 is 10.2 Å². The maximum absolute atomic E-state index is 10.2. The molecule has 0 amide bonds. The number of carboxylic acid groups (broad SMARTS) is 2. The van der Waals surface area contributed by atoms with Crippen LogP contribution in [0.2, 0.25) is 0 Å². The smallest absolute Gasteiger partial charge is 0.545 e. The largest absolute Gasteiger partial charge is 2.00 e. The molecule has 9 heteroatoms. The third-order valence-corrected chi connectivity index (χ3v) is 3.32. The first-order valence-electron chi connectivity index (χ1n) is 8.81. The number of aromatic amines is 2. The van der Waals surface area contributed by atoms with Gasteiger partial charge in [0.2, 0.25) is 0 Å². The molecule has 0 saturated carbocycles. The third-order valence-electron chi connectivity index (χ3n) is 3.32. The van der Waals surface area contributed by atoms with E-state index in [-0.39, 0.29) is 28.2 Å². The zero-order valence-electron chi connectivity index (χ0n) is 16.9. The Balaban J connectivity index is 0.000000401. The van der Waals surface area contributed by atoms with E-state index in [1.165, 1.54) is 12.1 Å². The van der Waals surface area contributed by atoms with Gasteiger partial charge in [-0.2, -0.15) is 0 Å². The van der Waals surface area contributed by atoms with Crippen molar-refractivity contribution in [3.63, 3.8) is 0 Å². The zero-order chi connectivity index (χ0) is 22.2. The van der Waals surface area contributed by atoms with Gasteiger partial charge >= 0.3 is 17.1 Å². The summed E-state index contributed by atoms with van der Waals surface area (Å²) in [6.45, 7) is 3.68. The average molecular weight is 470 g/mol. The number of carbonyl (C=O) groups is 2. The molecule has 0 atom stereocenters. The van der Waals surface area contributed by atoms with Gasteiger partial charge in [-0.25, -0.2) is 9.97 Å². The van der Waals surface area contributed by atoms with Gasteiger partial charge in [-0.15, -0.1) is 0 Å². The Morgan fingerprint density at radius 1 is 0.742 bits per heavy atom. The average Bonchev–Trinajstić information content (AvgIpc) is 3.47. The number of aromatic carboxylic acids is 2. The van der Waals surface area contributed by atoms with Gasteiger partial charge in [0.25, 0.3) is 0 Å². The molecule has 0 aliphatic heterocycles. The summed E-state index contributed by atoms with van der Waals surface area (Å²) in [6.07, 6.45) is 10.2. The second kappa shape index (κ2) is 16.2. The molecule has 4 rings (SSSR count). The van der Waals surface area contributed by atoms with Crippen LogP contribution in [0.4, 0.5) is 0 Å². The normalized spacial score (nSPS) is 8.58. The first-order valence-corrected chi connectivity index (χ1v) is 8.81. The first-order chi connectivity index (χ1) is 14.4. The van der Waals surface area contributed by atoms with Crippen molar-refractivity contribution >= 4 is 11.9 Å². The molecule has 0 fully saturated rings. The van der Waals surface area contributed by atoms with Crippen LogP contribution in [-0.2, 0) is 17.1 Å². The van der Waals surface area contributed by atoms with E-state index in [4.69, 9.17) is 0 Å². The number of carboxylic acids is 2. The summed E-state index contributed by atoms with van der Waals surface area (Å²) in [6, 6.07) is 13.3. The predicted molar refractivity (Wildman–Crippen MR) is 108 cm³/mol. The molecule has 31 heavy (non-hydrogen) atoms. The standard InChI is InChI=1S/2C8H8O2.2C3H4N2.Cu/c2*1-6-3-2-4-7(5-6)8(9)10;2*1-2-5-3-4-1;/h2*2-5H,1H3,(H,9,10);2*1-3H,(H,4,5);/q;;;;+2/p-2. The van der Waals surface area contributed by atoms with Gasteiger partial charge in [0.05, 0.1) is 24.6 Å². The molecule has 0 aliphatic carbocycles. The van der Waals surface area contributed by atoms with Crippen molar-refractivity contribution in [1.82, 2.24) is 19.9 Å². The fourth-order valence-electron chi connectivity index (χ4n) is 1.97. The minimum atomic E-state index is -1.12. The monoisotopic (exact) mass is 469 g/mol. The molecule has 0 saturated heterocycles. The Morgan fingerprint density at radius 3 is 1.29 bits per heavy atom. The Kier molecular flexibility index (Phi) is 14.2. The summed E-state index contributed by atoms with van der Waals surface area (Å²) in [7, 11) is 0. The van der Waals surface area contributed by atoms with Crippen LogP contribution in [-0.4, -0.2) is 31.9 Å². The Bertz CT molecular complexity index is 874. The van der Waals surface area contributed by atoms with Gasteiger partial charge in [-0.3, -0.25) is 0 Å². The summed E-state index contributed by atoms with van der Waals surface area (Å²) in [4.78, 5) is 33.3. The fraction of sp³-hybridized carbons (Fsp3) is 0.0909.